The summed E-state index contributed by atoms with van der Waals surface area (Å²) in [6.07, 6.45) is -11.0. The average molecular weight is 1080 g/mol. The Labute approximate surface area is 454 Å². The van der Waals surface area contributed by atoms with Gasteiger partial charge in [-0.15, -0.1) is 11.8 Å². The smallest absolute Gasteiger partial charge is 0.548 e. The zero-order valence-corrected chi connectivity index (χ0v) is 44.0. The Morgan fingerprint density at radius 3 is 2.27 bits per heavy atom. The molecule has 1 saturated carbocycles. The Morgan fingerprint density at radius 2 is 1.60 bits per heavy atom. The summed E-state index contributed by atoms with van der Waals surface area (Å²) in [5.74, 6) is -3.38. The molecule has 2 aromatic heterocycles. The maximum absolute atomic E-state index is 13.4. The first kappa shape index (κ1) is 58.8. The number of fused-ring (bicyclic) bond motifs is 3. The SMILES string of the molecule is CC1(C)S[C@@H]2[C@H](NC(=O)[C@H](NC(=O)c3c[nH]c4cccnc4c3=O)c3ccccc3)C(=O)N2[C@H]1C(=O)[O-].CN[C@@H]1[C@@H](O[C@H]2O[C@H](CO)[C@@H](N)[C@H](O)[C@H]2O)O[C@H]2C[C@@H](N)[C@@H](O[C@H]3[C@H](O)[C@@H](O)[C@H](N)C[C@@H]3N)O[C@@H]2[C@@H]1O.[Na+]. The zero-order valence-electron chi connectivity index (χ0n) is 41.2. The number of aliphatic carboxylic acids is 1. The molecule has 21 atom stereocenters. The molecule has 0 unspecified atom stereocenters. The van der Waals surface area contributed by atoms with E-state index in [1.54, 1.807) is 63.4 Å². The Morgan fingerprint density at radius 1 is 0.893 bits per heavy atom. The summed E-state index contributed by atoms with van der Waals surface area (Å²) in [6.45, 7) is 2.89. The van der Waals surface area contributed by atoms with Crippen LogP contribution in [0.25, 0.3) is 11.0 Å². The number of amides is 3. The van der Waals surface area contributed by atoms with Crippen molar-refractivity contribution >= 4 is 46.5 Å². The second kappa shape index (κ2) is 24.0. The molecule has 5 aliphatic heterocycles. The number of nitrogens with one attached hydrogen (secondary N) is 4. The first-order valence-electron chi connectivity index (χ1n) is 23.9. The van der Waals surface area contributed by atoms with Crippen LogP contribution < -0.4 is 79.0 Å². The van der Waals surface area contributed by atoms with E-state index in [9.17, 15) is 59.7 Å². The molecule has 6 fully saturated rings. The maximum atomic E-state index is 13.4. The van der Waals surface area contributed by atoms with Crippen molar-refractivity contribution in [3.05, 3.63) is 76.2 Å². The minimum Gasteiger partial charge on any atom is -0.548 e. The number of hydrogen-bond donors (Lipinski definition) is 14. The number of benzene rings is 1. The van der Waals surface area contributed by atoms with Crippen molar-refractivity contribution in [3.63, 3.8) is 0 Å². The second-order valence-corrected chi connectivity index (χ2v) is 21.4. The number of pyridine rings is 2. The van der Waals surface area contributed by atoms with E-state index in [1.165, 1.54) is 29.1 Å². The zero-order chi connectivity index (χ0) is 53.7. The van der Waals surface area contributed by atoms with Crippen molar-refractivity contribution in [2.75, 3.05) is 13.7 Å². The second-order valence-electron chi connectivity index (χ2n) is 19.6. The summed E-state index contributed by atoms with van der Waals surface area (Å²) in [6, 6.07) is 4.29. The Hall–Kier alpha value is -3.83. The van der Waals surface area contributed by atoms with Gasteiger partial charge in [0.15, 0.2) is 18.9 Å². The van der Waals surface area contributed by atoms with Gasteiger partial charge >= 0.3 is 29.6 Å². The molecule has 1 aliphatic carbocycles. The van der Waals surface area contributed by atoms with E-state index in [2.05, 4.69) is 25.9 Å². The number of nitrogens with zero attached hydrogens (tertiary/aromatic N) is 2. The number of aromatic amines is 1. The number of aromatic nitrogens is 2. The topological polar surface area (TPSA) is 448 Å². The van der Waals surface area contributed by atoms with E-state index in [4.69, 9.17) is 46.6 Å². The molecule has 5 saturated heterocycles. The number of carboxylic acid groups (broad SMARTS) is 1. The Balaban J connectivity index is 0.000000216. The van der Waals surface area contributed by atoms with Crippen molar-refractivity contribution in [1.29, 1.82) is 0 Å². The van der Waals surface area contributed by atoms with Crippen molar-refractivity contribution in [2.24, 2.45) is 22.9 Å². The largest absolute Gasteiger partial charge is 1.00 e. The molecule has 7 heterocycles. The van der Waals surface area contributed by atoms with Crippen LogP contribution >= 0.6 is 11.8 Å². The molecule has 6 aliphatic rings. The molecule has 1 aromatic carbocycles. The first-order chi connectivity index (χ1) is 35.1. The van der Waals surface area contributed by atoms with Gasteiger partial charge in [0.2, 0.25) is 17.2 Å². The van der Waals surface area contributed by atoms with E-state index in [0.717, 1.165) is 0 Å². The van der Waals surface area contributed by atoms with Gasteiger partial charge in [-0.05, 0) is 51.4 Å². The van der Waals surface area contributed by atoms with Crippen LogP contribution in [-0.2, 0) is 38.1 Å². The standard InChI is InChI=1S/C25H23N5O6S.C21H41N5O11.Na/c1-25(2)19(24(35)36)30-22(34)17(23(30)37-25)29-21(33)15(12-7-4-3-5-8-12)28-20(32)13-11-27-14-9-6-10-26-16(14)18(13)31;1-26-11-14(30)18-8(33-20(11)37-21-16(32)13(29)10(25)9(4-27)34-21)3-7(24)19(36-18)35-17-6(23)2-5(22)12(28)15(17)31;/h3-11,15,17,19,23H,1-2H3,(H,27,31)(H,28,32)(H,29,33)(H,35,36);5-21,26-32H,2-4,22-25H2,1H3;/q;;+1/p-1/t15-,17-,19+,23-;5-,6+,7-,8+,9-,10-,11+,12+,13+,14-,15-,16-,17-,18+,19+,20-,21-;/m11./s1. The molecule has 75 heavy (non-hydrogen) atoms. The van der Waals surface area contributed by atoms with Crippen LogP contribution in [0.1, 0.15) is 48.7 Å². The van der Waals surface area contributed by atoms with E-state index in [0.29, 0.717) is 11.1 Å². The molecule has 406 valence electrons. The van der Waals surface area contributed by atoms with Crippen LogP contribution in [0.2, 0.25) is 0 Å². The quantitative estimate of drug-likeness (QED) is 0.0591. The average Bonchev–Trinajstić information content (AvgIpc) is 3.65. The third-order valence-electron chi connectivity index (χ3n) is 14.3. The van der Waals surface area contributed by atoms with Gasteiger partial charge < -0.3 is 113 Å². The number of carbonyl (C=O) groups is 4. The van der Waals surface area contributed by atoms with Crippen LogP contribution in [0.5, 0.6) is 0 Å². The summed E-state index contributed by atoms with van der Waals surface area (Å²) in [4.78, 5) is 71.9. The number of carbonyl (C=O) groups excluding carboxylic acids is 4. The molecule has 29 heteroatoms. The summed E-state index contributed by atoms with van der Waals surface area (Å²) >= 11 is 1.26. The van der Waals surface area contributed by atoms with Crippen LogP contribution in [0.15, 0.2) is 59.7 Å². The van der Waals surface area contributed by atoms with Gasteiger partial charge in [-0.3, -0.25) is 24.2 Å². The summed E-state index contributed by atoms with van der Waals surface area (Å²) in [7, 11) is 1.55. The third kappa shape index (κ3) is 11.7. The summed E-state index contributed by atoms with van der Waals surface area (Å²) < 4.78 is 28.4. The van der Waals surface area contributed by atoms with Crippen molar-refractivity contribution in [1.82, 2.24) is 30.8 Å². The summed E-state index contributed by atoms with van der Waals surface area (Å²) in [5.41, 5.74) is 24.1. The number of aliphatic hydroxyl groups excluding tert-OH is 6. The van der Waals surface area contributed by atoms with Gasteiger partial charge in [0.25, 0.3) is 5.91 Å². The van der Waals surface area contributed by atoms with Crippen molar-refractivity contribution in [2.45, 2.75) is 159 Å². The third-order valence-corrected chi connectivity index (χ3v) is 15.8. The van der Waals surface area contributed by atoms with E-state index < -0.39 is 168 Å². The minimum absolute atomic E-state index is 0. The van der Waals surface area contributed by atoms with Gasteiger partial charge in [-0.25, -0.2) is 0 Å². The number of nitrogens with two attached hydrogens (primary N) is 4. The number of ether oxygens (including phenoxy) is 5. The number of hydrogen-bond acceptors (Lipinski definition) is 24. The number of thioether (sulfide) groups is 1. The number of H-pyrrole nitrogens is 1. The van der Waals surface area contributed by atoms with Gasteiger partial charge in [0, 0.05) is 29.2 Å². The number of aliphatic hydroxyl groups is 6. The normalized spacial score (nSPS) is 38.3. The van der Waals surface area contributed by atoms with Gasteiger partial charge in [0.05, 0.1) is 54.5 Å². The number of likely N-dealkylation sites (N-methyl/N-ethyl adjacent to an activating group) is 1. The molecule has 9 rings (SSSR count). The molecule has 3 aromatic rings. The molecule has 18 N–H and O–H groups in total. The Bertz CT molecular complexity index is 2580. The van der Waals surface area contributed by atoms with Crippen LogP contribution in [0, 0.1) is 0 Å². The van der Waals surface area contributed by atoms with Gasteiger partial charge in [-0.2, -0.15) is 0 Å². The van der Waals surface area contributed by atoms with Crippen molar-refractivity contribution < 1.29 is 108 Å². The molecule has 3 amide bonds. The van der Waals surface area contributed by atoms with E-state index in [-0.39, 0.29) is 53.5 Å². The molecule has 0 spiro atoms. The number of rotatable bonds is 12. The number of carboxylic acids is 1. The van der Waals surface area contributed by atoms with E-state index >= 15 is 0 Å². The fourth-order valence-corrected chi connectivity index (χ4v) is 11.8. The number of β-lactam (4-membered cyclic amide) rings is 1. The Kier molecular flexibility index (Phi) is 18.9. The van der Waals surface area contributed by atoms with Gasteiger partial charge in [0.1, 0.15) is 71.3 Å². The van der Waals surface area contributed by atoms with Crippen molar-refractivity contribution in [3.8, 4) is 0 Å². The maximum Gasteiger partial charge on any atom is 1.00 e. The predicted octanol–water partition coefficient (Wildman–Crippen LogP) is -10.3. The molecular weight excluding hydrogens is 1020 g/mol. The van der Waals surface area contributed by atoms with Crippen LogP contribution in [0.4, 0.5) is 0 Å². The fourth-order valence-electron chi connectivity index (χ4n) is 10.2. The monoisotopic (exact) mass is 1080 g/mol. The molecule has 0 bridgehead atoms. The first-order valence-corrected chi connectivity index (χ1v) is 24.8. The van der Waals surface area contributed by atoms with Crippen LogP contribution in [0.3, 0.4) is 0 Å². The van der Waals surface area contributed by atoms with Gasteiger partial charge in [-0.1, -0.05) is 30.3 Å². The molecule has 0 radical (unpaired) electrons. The predicted molar refractivity (Wildman–Crippen MR) is 255 cm³/mol. The molecule has 27 nitrogen and oxygen atoms in total. The molecular formula is C46H63N10NaO17S. The fraction of sp³-hybridized carbons (Fsp3) is 0.609. The summed E-state index contributed by atoms with van der Waals surface area (Å²) in [5, 5.41) is 81.0. The van der Waals surface area contributed by atoms with Crippen LogP contribution in [-0.4, -0.2) is 209 Å². The van der Waals surface area contributed by atoms with E-state index in [1.807, 2.05) is 0 Å². The minimum atomic E-state index is -1.54.